The van der Waals surface area contributed by atoms with Crippen LogP contribution in [-0.2, 0) is 4.79 Å². The number of hydrogen-bond donors (Lipinski definition) is 1. The first-order chi connectivity index (χ1) is 11.4. The molecule has 0 unspecified atom stereocenters. The van der Waals surface area contributed by atoms with Gasteiger partial charge in [0.1, 0.15) is 5.82 Å². The van der Waals surface area contributed by atoms with E-state index >= 15 is 0 Å². The van der Waals surface area contributed by atoms with E-state index in [-0.39, 0.29) is 40.3 Å². The second kappa shape index (κ2) is 6.33. The van der Waals surface area contributed by atoms with Crippen LogP contribution in [0.5, 0.6) is 0 Å². The Kier molecular flexibility index (Phi) is 4.53. The zero-order valence-corrected chi connectivity index (χ0v) is 14.2. The fraction of sp³-hybridized carbons (Fsp3) is 0.529. The third-order valence-electron chi connectivity index (χ3n) is 5.34. The Morgan fingerprint density at radius 2 is 2.08 bits per heavy atom. The highest BCUT2D eigenvalue weighted by atomic mass is 35.5. The number of amides is 2. The largest absolute Gasteiger partial charge is 0.396 e. The van der Waals surface area contributed by atoms with Gasteiger partial charge in [0.25, 0.3) is 5.91 Å². The summed E-state index contributed by atoms with van der Waals surface area (Å²) in [5.41, 5.74) is -0.123. The third-order valence-corrected chi connectivity index (χ3v) is 5.65. The number of aliphatic hydroxyl groups is 1. The number of carbonyl (C=O) groups excluding carboxylic acids is 2. The number of carbonyl (C=O) groups is 2. The Balaban J connectivity index is 1.82. The molecule has 1 aromatic carbocycles. The summed E-state index contributed by atoms with van der Waals surface area (Å²) in [5, 5.41) is 10.0. The number of halogens is 2. The lowest BCUT2D eigenvalue weighted by atomic mass is 9.73. The maximum absolute atomic E-state index is 13.2. The molecule has 0 saturated carbocycles. The molecule has 5 nitrogen and oxygen atoms in total. The lowest BCUT2D eigenvalue weighted by Crippen LogP contribution is -2.50. The first kappa shape index (κ1) is 17.2. The van der Waals surface area contributed by atoms with Gasteiger partial charge in [0, 0.05) is 44.4 Å². The van der Waals surface area contributed by atoms with Crippen molar-refractivity contribution in [3.63, 3.8) is 0 Å². The molecule has 7 heteroatoms. The summed E-state index contributed by atoms with van der Waals surface area (Å²) in [6, 6.07) is 3.72. The van der Waals surface area contributed by atoms with Crippen molar-refractivity contribution in [1.29, 1.82) is 0 Å². The number of nitrogens with zero attached hydrogens (tertiary/aromatic N) is 2. The van der Waals surface area contributed by atoms with E-state index in [9.17, 15) is 19.1 Å². The number of likely N-dealkylation sites (tertiary alicyclic amines) is 2. The molecule has 2 aliphatic rings. The van der Waals surface area contributed by atoms with Crippen molar-refractivity contribution in [2.75, 3.05) is 32.8 Å². The van der Waals surface area contributed by atoms with Gasteiger partial charge in [-0.3, -0.25) is 9.59 Å². The van der Waals surface area contributed by atoms with E-state index < -0.39 is 5.82 Å². The van der Waals surface area contributed by atoms with E-state index in [2.05, 4.69) is 0 Å². The van der Waals surface area contributed by atoms with E-state index in [1.54, 1.807) is 9.80 Å². The first-order valence-electron chi connectivity index (χ1n) is 7.97. The number of rotatable bonds is 2. The van der Waals surface area contributed by atoms with Crippen molar-refractivity contribution >= 4 is 23.4 Å². The van der Waals surface area contributed by atoms with Gasteiger partial charge in [0.2, 0.25) is 5.91 Å². The molecule has 2 heterocycles. The maximum Gasteiger partial charge on any atom is 0.255 e. The van der Waals surface area contributed by atoms with E-state index in [0.717, 1.165) is 6.07 Å². The lowest BCUT2D eigenvalue weighted by molar-refractivity contribution is -0.133. The molecule has 130 valence electrons. The molecule has 2 aliphatic heterocycles. The van der Waals surface area contributed by atoms with Crippen molar-refractivity contribution in [3.05, 3.63) is 34.6 Å². The number of hydrogen-bond acceptors (Lipinski definition) is 3. The summed E-state index contributed by atoms with van der Waals surface area (Å²) < 4.78 is 13.2. The van der Waals surface area contributed by atoms with Gasteiger partial charge in [-0.15, -0.1) is 0 Å². The van der Waals surface area contributed by atoms with Crippen LogP contribution in [0.4, 0.5) is 4.39 Å². The van der Waals surface area contributed by atoms with Crippen LogP contribution in [0, 0.1) is 17.2 Å². The van der Waals surface area contributed by atoms with Gasteiger partial charge in [-0.05, 0) is 24.6 Å². The molecule has 3 rings (SSSR count). The van der Waals surface area contributed by atoms with Crippen LogP contribution in [0.2, 0.25) is 5.02 Å². The standard InChI is InChI=1S/C17H20ClFN2O3/c1-11(23)20-5-4-17(10-22)9-21(8-12(17)7-20)16(24)14-3-2-13(19)6-15(14)18/h2-3,6,12,22H,4-5,7-10H2,1H3/t12-,17+/m0/s1. The van der Waals surface area contributed by atoms with E-state index in [0.29, 0.717) is 32.6 Å². The molecular weight excluding hydrogens is 335 g/mol. The van der Waals surface area contributed by atoms with Crippen molar-refractivity contribution in [2.45, 2.75) is 13.3 Å². The van der Waals surface area contributed by atoms with Crippen LogP contribution in [0.15, 0.2) is 18.2 Å². The summed E-state index contributed by atoms with van der Waals surface area (Å²) in [6.07, 6.45) is 0.661. The molecule has 24 heavy (non-hydrogen) atoms. The van der Waals surface area contributed by atoms with Gasteiger partial charge in [-0.25, -0.2) is 4.39 Å². The summed E-state index contributed by atoms with van der Waals surface area (Å²) in [4.78, 5) is 27.8. The highest BCUT2D eigenvalue weighted by Gasteiger charge is 2.50. The Bertz CT molecular complexity index is 684. The van der Waals surface area contributed by atoms with Crippen molar-refractivity contribution < 1.29 is 19.1 Å². The highest BCUT2D eigenvalue weighted by Crippen LogP contribution is 2.43. The van der Waals surface area contributed by atoms with Crippen LogP contribution in [0.3, 0.4) is 0 Å². The summed E-state index contributed by atoms with van der Waals surface area (Å²) >= 11 is 6.00. The Morgan fingerprint density at radius 1 is 1.38 bits per heavy atom. The molecule has 0 radical (unpaired) electrons. The van der Waals surface area contributed by atoms with Crippen molar-refractivity contribution in [3.8, 4) is 0 Å². The predicted molar refractivity (Wildman–Crippen MR) is 87.2 cm³/mol. The summed E-state index contributed by atoms with van der Waals surface area (Å²) in [7, 11) is 0. The van der Waals surface area contributed by atoms with Crippen LogP contribution in [0.1, 0.15) is 23.7 Å². The molecule has 2 amide bonds. The topological polar surface area (TPSA) is 60.9 Å². The number of piperidine rings is 1. The van der Waals surface area contributed by atoms with E-state index in [1.807, 2.05) is 0 Å². The fourth-order valence-corrected chi connectivity index (χ4v) is 4.06. The van der Waals surface area contributed by atoms with Crippen LogP contribution in [-0.4, -0.2) is 59.5 Å². The molecule has 0 aliphatic carbocycles. The smallest absolute Gasteiger partial charge is 0.255 e. The Morgan fingerprint density at radius 3 is 2.71 bits per heavy atom. The predicted octanol–water partition coefficient (Wildman–Crippen LogP) is 1.78. The Labute approximate surface area is 145 Å². The van der Waals surface area contributed by atoms with Crippen molar-refractivity contribution in [2.24, 2.45) is 11.3 Å². The maximum atomic E-state index is 13.2. The number of benzene rings is 1. The van der Waals surface area contributed by atoms with Gasteiger partial charge in [-0.2, -0.15) is 0 Å². The normalized spacial score (nSPS) is 26.4. The monoisotopic (exact) mass is 354 g/mol. The van der Waals surface area contributed by atoms with E-state index in [1.165, 1.54) is 19.1 Å². The molecular formula is C17H20ClFN2O3. The average Bonchev–Trinajstić information content (AvgIpc) is 2.93. The quantitative estimate of drug-likeness (QED) is 0.880. The first-order valence-corrected chi connectivity index (χ1v) is 8.35. The zero-order valence-electron chi connectivity index (χ0n) is 13.5. The molecule has 0 spiro atoms. The molecule has 1 aromatic rings. The van der Waals surface area contributed by atoms with Gasteiger partial charge < -0.3 is 14.9 Å². The molecule has 2 atom stereocenters. The highest BCUT2D eigenvalue weighted by molar-refractivity contribution is 6.33. The van der Waals surface area contributed by atoms with E-state index in [4.69, 9.17) is 11.6 Å². The molecule has 2 saturated heterocycles. The van der Waals surface area contributed by atoms with Gasteiger partial charge in [-0.1, -0.05) is 11.6 Å². The number of aliphatic hydroxyl groups excluding tert-OH is 1. The third kappa shape index (κ3) is 2.89. The molecule has 0 aromatic heterocycles. The van der Waals surface area contributed by atoms with Gasteiger partial charge in [0.05, 0.1) is 17.2 Å². The molecule has 0 bridgehead atoms. The molecule has 2 fully saturated rings. The lowest BCUT2D eigenvalue weighted by Gasteiger charge is -2.41. The van der Waals surface area contributed by atoms with Crippen LogP contribution >= 0.6 is 11.6 Å². The van der Waals surface area contributed by atoms with Crippen LogP contribution in [0.25, 0.3) is 0 Å². The summed E-state index contributed by atoms with van der Waals surface area (Å²) in [6.45, 7) is 3.51. The second-order valence-corrected chi connectivity index (χ2v) is 7.15. The fourth-order valence-electron chi connectivity index (χ4n) is 3.82. The SMILES string of the molecule is CC(=O)N1CC[C@]2(CO)CN(C(=O)c3ccc(F)cc3Cl)C[C@@H]2C1. The van der Waals surface area contributed by atoms with Crippen molar-refractivity contribution in [1.82, 2.24) is 9.80 Å². The molecule has 1 N–H and O–H groups in total. The minimum Gasteiger partial charge on any atom is -0.396 e. The van der Waals surface area contributed by atoms with Crippen LogP contribution < -0.4 is 0 Å². The minimum absolute atomic E-state index is 0.00731. The van der Waals surface area contributed by atoms with Gasteiger partial charge >= 0.3 is 0 Å². The van der Waals surface area contributed by atoms with Gasteiger partial charge in [0.15, 0.2) is 0 Å². The minimum atomic E-state index is -0.490. The second-order valence-electron chi connectivity index (χ2n) is 6.74. The number of fused-ring (bicyclic) bond motifs is 1. The zero-order chi connectivity index (χ0) is 17.5. The average molecular weight is 355 g/mol. The Hall–Kier alpha value is -1.66. The summed E-state index contributed by atoms with van der Waals surface area (Å²) in [5.74, 6) is -0.719.